The van der Waals surface area contributed by atoms with Crippen LogP contribution in [0, 0.1) is 24.2 Å². The van der Waals surface area contributed by atoms with Gasteiger partial charge in [0.15, 0.2) is 9.84 Å². The molecule has 3 aliphatic rings. The van der Waals surface area contributed by atoms with Gasteiger partial charge in [0.2, 0.25) is 0 Å². The lowest BCUT2D eigenvalue weighted by Crippen LogP contribution is -2.41. The number of carbonyl (C=O) groups is 2. The van der Waals surface area contributed by atoms with E-state index in [1.807, 2.05) is 6.92 Å². The van der Waals surface area contributed by atoms with Gasteiger partial charge in [-0.2, -0.15) is 5.26 Å². The van der Waals surface area contributed by atoms with Gasteiger partial charge >= 0.3 is 5.97 Å². The molecule has 4 heterocycles. The highest BCUT2D eigenvalue weighted by atomic mass is 32.2. The number of sulfone groups is 1. The van der Waals surface area contributed by atoms with Gasteiger partial charge in [0.05, 0.1) is 35.0 Å². The van der Waals surface area contributed by atoms with Crippen LogP contribution < -0.4 is 10.5 Å². The van der Waals surface area contributed by atoms with E-state index in [0.29, 0.717) is 71.7 Å². The molecule has 1 atom stereocenters. The maximum absolute atomic E-state index is 13.5. The number of thiocarbonyl (C=S) groups is 1. The van der Waals surface area contributed by atoms with Gasteiger partial charge in [0.1, 0.15) is 21.8 Å². The third-order valence-electron chi connectivity index (χ3n) is 7.67. The van der Waals surface area contributed by atoms with Crippen molar-refractivity contribution >= 4 is 61.9 Å². The standard InChI is InChI=1S/C27H34N4O6S3/c1-4-6-10-30-23(29-11-7-18(8-12-29)26(34)37-5-2)20(17(3)21(15-28)24(30)32)14-22-25(33)31(27(38)39-22)19-9-13-40(35,36)16-19/h14,18-19H,4-13,16H2,1-3H3/b22-14-. The number of nitriles is 1. The number of amides is 1. The van der Waals surface area contributed by atoms with Gasteiger partial charge < -0.3 is 9.64 Å². The molecular formula is C27H34N4O6S3. The summed E-state index contributed by atoms with van der Waals surface area (Å²) in [6, 6.07) is 1.56. The van der Waals surface area contributed by atoms with Gasteiger partial charge in [-0.05, 0) is 51.2 Å². The molecule has 40 heavy (non-hydrogen) atoms. The number of hydrogen-bond donors (Lipinski definition) is 0. The Morgan fingerprint density at radius 3 is 2.50 bits per heavy atom. The highest BCUT2D eigenvalue weighted by molar-refractivity contribution is 8.26. The minimum absolute atomic E-state index is 0.0184. The number of carbonyl (C=O) groups excluding carboxylic acids is 2. The molecule has 10 nitrogen and oxygen atoms in total. The monoisotopic (exact) mass is 606 g/mol. The number of piperidine rings is 1. The van der Waals surface area contributed by atoms with Gasteiger partial charge in [0.25, 0.3) is 11.5 Å². The first-order chi connectivity index (χ1) is 19.0. The fourth-order valence-corrected chi connectivity index (χ4v) is 8.58. The Morgan fingerprint density at radius 2 is 1.93 bits per heavy atom. The smallest absolute Gasteiger partial charge is 0.309 e. The van der Waals surface area contributed by atoms with Gasteiger partial charge in [-0.3, -0.25) is 23.9 Å². The molecule has 1 amide bonds. The van der Waals surface area contributed by atoms with Gasteiger partial charge in [-0.1, -0.05) is 37.3 Å². The maximum atomic E-state index is 13.5. The lowest BCUT2D eigenvalue weighted by atomic mass is 9.95. The highest BCUT2D eigenvalue weighted by Gasteiger charge is 2.42. The molecule has 0 radical (unpaired) electrons. The van der Waals surface area contributed by atoms with Crippen LogP contribution >= 0.6 is 24.0 Å². The molecule has 0 aliphatic carbocycles. The summed E-state index contributed by atoms with van der Waals surface area (Å²) in [5.74, 6) is -0.299. The van der Waals surface area contributed by atoms with Crippen molar-refractivity contribution in [2.24, 2.45) is 5.92 Å². The predicted octanol–water partition coefficient (Wildman–Crippen LogP) is 3.00. The third-order valence-corrected chi connectivity index (χ3v) is 10.7. The van der Waals surface area contributed by atoms with Crippen molar-refractivity contribution in [2.75, 3.05) is 36.1 Å². The third kappa shape index (κ3) is 5.99. The summed E-state index contributed by atoms with van der Waals surface area (Å²) in [6.45, 7) is 7.22. The lowest BCUT2D eigenvalue weighted by Gasteiger charge is -2.35. The van der Waals surface area contributed by atoms with Crippen molar-refractivity contribution in [3.8, 4) is 6.07 Å². The first-order valence-electron chi connectivity index (χ1n) is 13.6. The van der Waals surface area contributed by atoms with Crippen molar-refractivity contribution in [3.63, 3.8) is 0 Å². The summed E-state index contributed by atoms with van der Waals surface area (Å²) in [4.78, 5) is 43.2. The van der Waals surface area contributed by atoms with Crippen molar-refractivity contribution in [2.45, 2.75) is 65.5 Å². The van der Waals surface area contributed by atoms with E-state index in [1.165, 1.54) is 4.90 Å². The van der Waals surface area contributed by atoms with Crippen molar-refractivity contribution in [1.82, 2.24) is 9.47 Å². The van der Waals surface area contributed by atoms with Crippen LogP contribution in [0.2, 0.25) is 0 Å². The first kappa shape index (κ1) is 30.3. The SMILES string of the molecule is CCCCn1c(N2CCC(C(=O)OCC)CC2)c(/C=C2\SC(=S)N(C3CCS(=O)(=O)C3)C2=O)c(C)c(C#N)c1=O. The number of pyridine rings is 1. The van der Waals surface area contributed by atoms with Crippen LogP contribution in [0.5, 0.6) is 0 Å². The van der Waals surface area contributed by atoms with Crippen molar-refractivity contribution in [1.29, 1.82) is 5.26 Å². The van der Waals surface area contributed by atoms with Gasteiger partial charge in [0, 0.05) is 25.2 Å². The van der Waals surface area contributed by atoms with E-state index in [2.05, 4.69) is 11.0 Å². The zero-order valence-electron chi connectivity index (χ0n) is 23.0. The molecule has 1 unspecified atom stereocenters. The maximum Gasteiger partial charge on any atom is 0.309 e. The molecule has 3 saturated heterocycles. The summed E-state index contributed by atoms with van der Waals surface area (Å²) in [5, 5.41) is 9.90. The molecular weight excluding hydrogens is 573 g/mol. The fourth-order valence-electron chi connectivity index (χ4n) is 5.50. The highest BCUT2D eigenvalue weighted by Crippen LogP contribution is 2.39. The summed E-state index contributed by atoms with van der Waals surface area (Å²) in [6.07, 6.45) is 4.69. The normalized spacial score (nSPS) is 22.2. The fraction of sp³-hybridized carbons (Fsp3) is 0.593. The summed E-state index contributed by atoms with van der Waals surface area (Å²) < 4.78 is 31.3. The second kappa shape index (κ2) is 12.4. The van der Waals surface area contributed by atoms with E-state index in [9.17, 15) is 28.1 Å². The largest absolute Gasteiger partial charge is 0.466 e. The molecule has 0 aromatic carbocycles. The number of anilines is 1. The number of esters is 1. The first-order valence-corrected chi connectivity index (χ1v) is 16.6. The Hall–Kier alpha value is -2.69. The molecule has 3 aliphatic heterocycles. The quantitative estimate of drug-likeness (QED) is 0.247. The number of hydrogen-bond acceptors (Lipinski definition) is 10. The number of ether oxygens (including phenoxy) is 1. The number of nitrogens with zero attached hydrogens (tertiary/aromatic N) is 4. The van der Waals surface area contributed by atoms with E-state index in [4.69, 9.17) is 17.0 Å². The van der Waals surface area contributed by atoms with Crippen molar-refractivity contribution in [3.05, 3.63) is 31.9 Å². The molecule has 0 saturated carbocycles. The number of thioether (sulfide) groups is 1. The second-order valence-electron chi connectivity index (χ2n) is 10.3. The van der Waals surface area contributed by atoms with E-state index >= 15 is 0 Å². The predicted molar refractivity (Wildman–Crippen MR) is 159 cm³/mol. The Kier molecular flexibility index (Phi) is 9.42. The van der Waals surface area contributed by atoms with Gasteiger partial charge in [-0.25, -0.2) is 8.42 Å². The molecule has 1 aromatic heterocycles. The minimum atomic E-state index is -3.22. The average Bonchev–Trinajstić information content (AvgIpc) is 3.41. The van der Waals surface area contributed by atoms with Crippen molar-refractivity contribution < 1.29 is 22.7 Å². The molecule has 216 valence electrons. The van der Waals surface area contributed by atoms with Crippen LogP contribution in [0.1, 0.15) is 62.6 Å². The van der Waals surface area contributed by atoms with Crippen LogP contribution in [-0.4, -0.2) is 71.3 Å². The average molecular weight is 607 g/mol. The van der Waals surface area contributed by atoms with E-state index < -0.39 is 15.9 Å². The molecule has 1 aromatic rings. The zero-order chi connectivity index (χ0) is 29.2. The molecule has 4 rings (SSSR count). The lowest BCUT2D eigenvalue weighted by molar-refractivity contribution is -0.148. The molecule has 0 N–H and O–H groups in total. The Labute approximate surface area is 244 Å². The molecule has 3 fully saturated rings. The minimum Gasteiger partial charge on any atom is -0.466 e. The van der Waals surface area contributed by atoms with Crippen LogP contribution in [0.15, 0.2) is 9.70 Å². The Balaban J connectivity index is 1.78. The van der Waals surface area contributed by atoms with E-state index in [0.717, 1.165) is 24.6 Å². The van der Waals surface area contributed by atoms with Crippen LogP contribution in [0.25, 0.3) is 6.08 Å². The number of unbranched alkanes of at least 4 members (excludes halogenated alkanes) is 1. The number of aromatic nitrogens is 1. The Morgan fingerprint density at radius 1 is 1.23 bits per heavy atom. The Bertz CT molecular complexity index is 1450. The second-order valence-corrected chi connectivity index (χ2v) is 14.2. The van der Waals surface area contributed by atoms with E-state index in [1.54, 1.807) is 24.5 Å². The molecule has 0 spiro atoms. The summed E-state index contributed by atoms with van der Waals surface area (Å²) in [5.41, 5.74) is 0.694. The van der Waals surface area contributed by atoms with Gasteiger partial charge in [-0.15, -0.1) is 0 Å². The van der Waals surface area contributed by atoms with Crippen LogP contribution in [0.4, 0.5) is 5.82 Å². The molecule has 13 heteroatoms. The van der Waals surface area contributed by atoms with E-state index in [-0.39, 0.29) is 40.4 Å². The topological polar surface area (TPSA) is 130 Å². The van der Waals surface area contributed by atoms with Crippen LogP contribution in [0.3, 0.4) is 0 Å². The summed E-state index contributed by atoms with van der Waals surface area (Å²) in [7, 11) is -3.22. The number of rotatable bonds is 8. The van der Waals surface area contributed by atoms with Crippen LogP contribution in [-0.2, 0) is 30.7 Å². The molecule has 0 bridgehead atoms. The zero-order valence-corrected chi connectivity index (χ0v) is 25.4. The summed E-state index contributed by atoms with van der Waals surface area (Å²) >= 11 is 6.60.